The van der Waals surface area contributed by atoms with Crippen LogP contribution in [0.25, 0.3) is 0 Å². The molecule has 0 aromatic carbocycles. The molecule has 0 bridgehead atoms. The van der Waals surface area contributed by atoms with Gasteiger partial charge in [0.25, 0.3) is 0 Å². The van der Waals surface area contributed by atoms with E-state index in [0.29, 0.717) is 0 Å². The topological polar surface area (TPSA) is 0 Å². The summed E-state index contributed by atoms with van der Waals surface area (Å²) in [6.07, 6.45) is 24.5. The van der Waals surface area contributed by atoms with Crippen molar-refractivity contribution < 1.29 is 0 Å². The molecule has 0 heterocycles. The molecular formula is C30H44. The monoisotopic (exact) mass is 404 g/mol. The maximum Gasteiger partial charge on any atom is 0.00169 e. The zero-order valence-electron chi connectivity index (χ0n) is 20.0. The molecule has 4 unspecified atom stereocenters. The Labute approximate surface area is 186 Å². The summed E-state index contributed by atoms with van der Waals surface area (Å²) in [6.45, 7) is 10.1. The number of rotatable bonds is 4. The van der Waals surface area contributed by atoms with Crippen LogP contribution in [0.5, 0.6) is 0 Å². The average molecular weight is 405 g/mol. The van der Waals surface area contributed by atoms with E-state index in [4.69, 9.17) is 0 Å². The van der Waals surface area contributed by atoms with E-state index in [-0.39, 0.29) is 0 Å². The van der Waals surface area contributed by atoms with Crippen LogP contribution in [0.2, 0.25) is 0 Å². The van der Waals surface area contributed by atoms with Crippen LogP contribution in [0.4, 0.5) is 0 Å². The highest BCUT2D eigenvalue weighted by Gasteiger charge is 2.45. The lowest BCUT2D eigenvalue weighted by molar-refractivity contribution is 0.0577. The third-order valence-corrected chi connectivity index (χ3v) is 9.71. The molecule has 5 rings (SSSR count). The van der Waals surface area contributed by atoms with Gasteiger partial charge in [-0.05, 0) is 110 Å². The molecule has 6 atom stereocenters. The standard InChI is InChI=1S/C30H44/c1-19(2)27-17-30(26-16-14-22-10-6-8-12-24(22)26)28(20(3)4)18-29(27)25-15-13-21-9-5-7-11-23(21)25/h13-16,19-21,26-30H,5-12,17-18H2,1-4H3/t21?,26?,27?,28-,29?,30-/m1/s1. The summed E-state index contributed by atoms with van der Waals surface area (Å²) in [4.78, 5) is 0. The van der Waals surface area contributed by atoms with Crippen LogP contribution >= 0.6 is 0 Å². The Bertz CT molecular complexity index is 770. The molecule has 5 aliphatic carbocycles. The van der Waals surface area contributed by atoms with Gasteiger partial charge >= 0.3 is 0 Å². The van der Waals surface area contributed by atoms with Crippen molar-refractivity contribution in [3.8, 4) is 0 Å². The normalized spacial score (nSPS) is 38.7. The Balaban J connectivity index is 1.46. The van der Waals surface area contributed by atoms with Crippen LogP contribution in [-0.2, 0) is 0 Å². The van der Waals surface area contributed by atoms with Crippen molar-refractivity contribution in [2.75, 3.05) is 0 Å². The Kier molecular flexibility index (Phi) is 5.89. The van der Waals surface area contributed by atoms with Crippen molar-refractivity contribution in [3.05, 3.63) is 46.6 Å². The van der Waals surface area contributed by atoms with Crippen molar-refractivity contribution in [1.29, 1.82) is 0 Å². The molecule has 5 aliphatic rings. The SMILES string of the molecule is CC(C)C1C[C@H](C2C=CC3=C2CCCC3)[C@@H](C(C)C)CC1C1=C2CCCCC2C=C1. The highest BCUT2D eigenvalue weighted by atomic mass is 14.5. The molecule has 0 saturated heterocycles. The lowest BCUT2D eigenvalue weighted by atomic mass is 9.56. The van der Waals surface area contributed by atoms with E-state index in [9.17, 15) is 0 Å². The predicted molar refractivity (Wildman–Crippen MR) is 129 cm³/mol. The van der Waals surface area contributed by atoms with Gasteiger partial charge in [-0.3, -0.25) is 0 Å². The lowest BCUT2D eigenvalue weighted by Crippen LogP contribution is -2.40. The largest absolute Gasteiger partial charge is 0.0770 e. The molecule has 0 aromatic heterocycles. The highest BCUT2D eigenvalue weighted by Crippen LogP contribution is 2.55. The van der Waals surface area contributed by atoms with E-state index in [1.807, 2.05) is 16.7 Å². The van der Waals surface area contributed by atoms with Gasteiger partial charge in [-0.15, -0.1) is 0 Å². The Morgan fingerprint density at radius 1 is 0.733 bits per heavy atom. The minimum atomic E-state index is 0.758. The maximum atomic E-state index is 2.64. The third kappa shape index (κ3) is 3.61. The smallest absolute Gasteiger partial charge is 0.00169 e. The fourth-order valence-electron chi connectivity index (χ4n) is 8.13. The van der Waals surface area contributed by atoms with Gasteiger partial charge in [0.15, 0.2) is 0 Å². The average Bonchev–Trinajstić information content (AvgIpc) is 3.37. The van der Waals surface area contributed by atoms with Crippen molar-refractivity contribution in [3.63, 3.8) is 0 Å². The van der Waals surface area contributed by atoms with Crippen LogP contribution in [0.3, 0.4) is 0 Å². The first kappa shape index (κ1) is 20.8. The molecule has 0 heteroatoms. The van der Waals surface area contributed by atoms with Crippen LogP contribution in [-0.4, -0.2) is 0 Å². The van der Waals surface area contributed by atoms with Gasteiger partial charge in [0.05, 0.1) is 0 Å². The third-order valence-electron chi connectivity index (χ3n) is 9.71. The van der Waals surface area contributed by atoms with Crippen LogP contribution in [0, 0.1) is 47.3 Å². The highest BCUT2D eigenvalue weighted by molar-refractivity contribution is 5.41. The van der Waals surface area contributed by atoms with Gasteiger partial charge < -0.3 is 0 Å². The molecule has 2 fully saturated rings. The molecule has 0 amide bonds. The van der Waals surface area contributed by atoms with Crippen LogP contribution in [0.15, 0.2) is 46.6 Å². The van der Waals surface area contributed by atoms with Crippen LogP contribution < -0.4 is 0 Å². The second-order valence-electron chi connectivity index (χ2n) is 11.9. The predicted octanol–water partition coefficient (Wildman–Crippen LogP) is 8.67. The quantitative estimate of drug-likeness (QED) is 0.439. The minimum Gasteiger partial charge on any atom is -0.0770 e. The first-order chi connectivity index (χ1) is 14.5. The van der Waals surface area contributed by atoms with Gasteiger partial charge in [-0.2, -0.15) is 0 Å². The Hall–Kier alpha value is -1.04. The van der Waals surface area contributed by atoms with Crippen molar-refractivity contribution in [2.24, 2.45) is 47.3 Å². The molecule has 0 aromatic rings. The van der Waals surface area contributed by atoms with Crippen molar-refractivity contribution >= 4 is 0 Å². The molecule has 0 aliphatic heterocycles. The fourth-order valence-corrected chi connectivity index (χ4v) is 8.13. The number of allylic oxidation sites excluding steroid dienone is 8. The number of hydrogen-bond donors (Lipinski definition) is 0. The van der Waals surface area contributed by atoms with E-state index >= 15 is 0 Å². The maximum absolute atomic E-state index is 2.64. The molecule has 0 nitrogen and oxygen atoms in total. The van der Waals surface area contributed by atoms with Crippen LogP contribution in [0.1, 0.15) is 91.9 Å². The van der Waals surface area contributed by atoms with Gasteiger partial charge in [0.1, 0.15) is 0 Å². The Morgan fingerprint density at radius 3 is 2.27 bits per heavy atom. The first-order valence-corrected chi connectivity index (χ1v) is 13.4. The molecule has 2 saturated carbocycles. The summed E-state index contributed by atoms with van der Waals surface area (Å²) < 4.78 is 0. The first-order valence-electron chi connectivity index (χ1n) is 13.4. The van der Waals surface area contributed by atoms with Crippen molar-refractivity contribution in [2.45, 2.75) is 91.9 Å². The lowest BCUT2D eigenvalue weighted by Gasteiger charge is -2.48. The second-order valence-corrected chi connectivity index (χ2v) is 11.9. The summed E-state index contributed by atoms with van der Waals surface area (Å²) in [6, 6.07) is 0. The Morgan fingerprint density at radius 2 is 1.47 bits per heavy atom. The summed E-state index contributed by atoms with van der Waals surface area (Å²) in [5, 5.41) is 0. The molecule has 0 spiro atoms. The summed E-state index contributed by atoms with van der Waals surface area (Å²) >= 11 is 0. The zero-order valence-corrected chi connectivity index (χ0v) is 20.0. The van der Waals surface area contributed by atoms with Gasteiger partial charge in [0.2, 0.25) is 0 Å². The second kappa shape index (κ2) is 8.48. The molecule has 164 valence electrons. The van der Waals surface area contributed by atoms with Gasteiger partial charge in [-0.25, -0.2) is 0 Å². The van der Waals surface area contributed by atoms with E-state index in [2.05, 4.69) is 52.0 Å². The van der Waals surface area contributed by atoms with E-state index in [1.165, 1.54) is 64.2 Å². The van der Waals surface area contributed by atoms with Gasteiger partial charge in [0, 0.05) is 5.92 Å². The molecule has 30 heavy (non-hydrogen) atoms. The molecular weight excluding hydrogens is 360 g/mol. The van der Waals surface area contributed by atoms with Gasteiger partial charge in [-0.1, -0.05) is 69.6 Å². The van der Waals surface area contributed by atoms with E-state index < -0.39 is 0 Å². The number of hydrogen-bond acceptors (Lipinski definition) is 0. The fraction of sp³-hybridized carbons (Fsp3) is 0.733. The summed E-state index contributed by atoms with van der Waals surface area (Å²) in [5.74, 6) is 6.56. The summed E-state index contributed by atoms with van der Waals surface area (Å²) in [5.41, 5.74) is 7.25. The number of fused-ring (bicyclic) bond motifs is 1. The van der Waals surface area contributed by atoms with E-state index in [1.54, 1.807) is 5.57 Å². The minimum absolute atomic E-state index is 0.758. The van der Waals surface area contributed by atoms with E-state index in [0.717, 1.165) is 47.3 Å². The van der Waals surface area contributed by atoms with Crippen molar-refractivity contribution in [1.82, 2.24) is 0 Å². The molecule has 0 radical (unpaired) electrons. The zero-order chi connectivity index (χ0) is 20.8. The summed E-state index contributed by atoms with van der Waals surface area (Å²) in [7, 11) is 0. The molecule has 0 N–H and O–H groups in total.